The van der Waals surface area contributed by atoms with Gasteiger partial charge in [0.1, 0.15) is 11.5 Å². The zero-order valence-electron chi connectivity index (χ0n) is 10.6. The smallest absolute Gasteiger partial charge is 0.238 e. The van der Waals surface area contributed by atoms with Gasteiger partial charge in [-0.25, -0.2) is 5.43 Å². The molecule has 1 amide bonds. The van der Waals surface area contributed by atoms with Crippen LogP contribution in [0, 0.1) is 6.92 Å². The SMILES string of the molecule is CNNC(=O)Cc1cc(OC)c(C)cc1OC. The number of rotatable bonds is 5. The van der Waals surface area contributed by atoms with Gasteiger partial charge in [-0.15, -0.1) is 0 Å². The molecule has 0 heterocycles. The Labute approximate surface area is 101 Å². The maximum Gasteiger partial charge on any atom is 0.238 e. The van der Waals surface area contributed by atoms with Crippen LogP contribution in [-0.4, -0.2) is 27.2 Å². The number of hydrazine groups is 1. The van der Waals surface area contributed by atoms with Crippen molar-refractivity contribution in [2.75, 3.05) is 21.3 Å². The second-order valence-corrected chi connectivity index (χ2v) is 3.61. The first-order valence-corrected chi connectivity index (χ1v) is 5.29. The molecular weight excluding hydrogens is 220 g/mol. The van der Waals surface area contributed by atoms with E-state index in [0.717, 1.165) is 16.9 Å². The second kappa shape index (κ2) is 6.10. The first-order chi connectivity index (χ1) is 8.12. The number of nitrogens with one attached hydrogen (secondary N) is 2. The lowest BCUT2D eigenvalue weighted by Gasteiger charge is -2.12. The lowest BCUT2D eigenvalue weighted by molar-refractivity contribution is -0.121. The Hall–Kier alpha value is -1.75. The third-order valence-electron chi connectivity index (χ3n) is 2.41. The summed E-state index contributed by atoms with van der Waals surface area (Å²) in [7, 11) is 4.83. The van der Waals surface area contributed by atoms with Crippen LogP contribution in [0.3, 0.4) is 0 Å². The van der Waals surface area contributed by atoms with Crippen LogP contribution >= 0.6 is 0 Å². The molecule has 0 radical (unpaired) electrons. The van der Waals surface area contributed by atoms with Crippen LogP contribution < -0.4 is 20.3 Å². The number of ether oxygens (including phenoxy) is 2. The molecule has 0 atom stereocenters. The highest BCUT2D eigenvalue weighted by Gasteiger charge is 2.11. The maximum atomic E-state index is 11.5. The van der Waals surface area contributed by atoms with E-state index in [0.29, 0.717) is 5.75 Å². The molecule has 1 aromatic rings. The number of benzene rings is 1. The van der Waals surface area contributed by atoms with E-state index in [1.165, 1.54) is 0 Å². The van der Waals surface area contributed by atoms with E-state index in [2.05, 4.69) is 10.9 Å². The standard InChI is InChI=1S/C12H18N2O3/c1-8-5-11(17-4)9(6-10(8)16-3)7-12(15)14-13-2/h5-6,13H,7H2,1-4H3,(H,14,15). The van der Waals surface area contributed by atoms with Gasteiger partial charge in [0.25, 0.3) is 0 Å². The van der Waals surface area contributed by atoms with E-state index in [1.54, 1.807) is 21.3 Å². The Kier molecular flexibility index (Phi) is 4.78. The molecule has 0 spiro atoms. The maximum absolute atomic E-state index is 11.5. The third-order valence-corrected chi connectivity index (χ3v) is 2.41. The first-order valence-electron chi connectivity index (χ1n) is 5.29. The zero-order chi connectivity index (χ0) is 12.8. The molecule has 2 N–H and O–H groups in total. The Morgan fingerprint density at radius 3 is 2.41 bits per heavy atom. The first kappa shape index (κ1) is 13.3. The molecule has 0 aliphatic carbocycles. The fraction of sp³-hybridized carbons (Fsp3) is 0.417. The van der Waals surface area contributed by atoms with Crippen molar-refractivity contribution in [2.24, 2.45) is 0 Å². The summed E-state index contributed by atoms with van der Waals surface area (Å²) in [4.78, 5) is 11.5. The zero-order valence-corrected chi connectivity index (χ0v) is 10.6. The van der Waals surface area contributed by atoms with Gasteiger partial charge in [-0.3, -0.25) is 10.2 Å². The second-order valence-electron chi connectivity index (χ2n) is 3.61. The molecule has 1 rings (SSSR count). The van der Waals surface area contributed by atoms with Crippen molar-refractivity contribution in [3.63, 3.8) is 0 Å². The van der Waals surface area contributed by atoms with Crippen LogP contribution in [0.1, 0.15) is 11.1 Å². The van der Waals surface area contributed by atoms with Gasteiger partial charge < -0.3 is 9.47 Å². The Bertz CT molecular complexity index is 405. The molecular formula is C12H18N2O3. The van der Waals surface area contributed by atoms with Gasteiger partial charge in [0, 0.05) is 12.6 Å². The summed E-state index contributed by atoms with van der Waals surface area (Å²) in [6.45, 7) is 1.93. The molecule has 0 unspecified atom stereocenters. The highest BCUT2D eigenvalue weighted by atomic mass is 16.5. The number of hydrogen-bond acceptors (Lipinski definition) is 4. The Morgan fingerprint density at radius 2 is 1.88 bits per heavy atom. The van der Waals surface area contributed by atoms with E-state index in [4.69, 9.17) is 9.47 Å². The summed E-state index contributed by atoms with van der Waals surface area (Å²) in [5.41, 5.74) is 6.87. The van der Waals surface area contributed by atoms with Gasteiger partial charge in [-0.1, -0.05) is 0 Å². The molecule has 94 valence electrons. The number of carbonyl (C=O) groups is 1. The van der Waals surface area contributed by atoms with Crippen molar-refractivity contribution in [3.8, 4) is 11.5 Å². The average molecular weight is 238 g/mol. The van der Waals surface area contributed by atoms with Gasteiger partial charge in [-0.05, 0) is 24.6 Å². The van der Waals surface area contributed by atoms with Crippen LogP contribution in [-0.2, 0) is 11.2 Å². The van der Waals surface area contributed by atoms with E-state index < -0.39 is 0 Å². The average Bonchev–Trinajstić information content (AvgIpc) is 2.31. The van der Waals surface area contributed by atoms with Crippen molar-refractivity contribution in [1.29, 1.82) is 0 Å². The fourth-order valence-corrected chi connectivity index (χ4v) is 1.61. The van der Waals surface area contributed by atoms with E-state index >= 15 is 0 Å². The van der Waals surface area contributed by atoms with Gasteiger partial charge in [0.2, 0.25) is 5.91 Å². The molecule has 17 heavy (non-hydrogen) atoms. The lowest BCUT2D eigenvalue weighted by Crippen LogP contribution is -2.35. The van der Waals surface area contributed by atoms with Gasteiger partial charge >= 0.3 is 0 Å². The number of aryl methyl sites for hydroxylation is 1. The molecule has 0 aliphatic rings. The molecule has 5 nitrogen and oxygen atoms in total. The predicted molar refractivity (Wildman–Crippen MR) is 65.2 cm³/mol. The van der Waals surface area contributed by atoms with Crippen molar-refractivity contribution in [2.45, 2.75) is 13.3 Å². The number of carbonyl (C=O) groups excluding carboxylic acids is 1. The van der Waals surface area contributed by atoms with E-state index in [9.17, 15) is 4.79 Å². The predicted octanol–water partition coefficient (Wildman–Crippen LogP) is 0.805. The summed E-state index contributed by atoms with van der Waals surface area (Å²) < 4.78 is 10.5. The molecule has 0 saturated heterocycles. The number of methoxy groups -OCH3 is 2. The molecule has 5 heteroatoms. The summed E-state index contributed by atoms with van der Waals surface area (Å²) in [5, 5.41) is 0. The summed E-state index contributed by atoms with van der Waals surface area (Å²) in [6.07, 6.45) is 0.237. The van der Waals surface area contributed by atoms with Crippen molar-refractivity contribution < 1.29 is 14.3 Å². The van der Waals surface area contributed by atoms with Crippen LogP contribution in [0.4, 0.5) is 0 Å². The minimum Gasteiger partial charge on any atom is -0.496 e. The normalized spacial score (nSPS) is 9.88. The van der Waals surface area contributed by atoms with Crippen LogP contribution in [0.25, 0.3) is 0 Å². The van der Waals surface area contributed by atoms with Crippen molar-refractivity contribution >= 4 is 5.91 Å². The van der Waals surface area contributed by atoms with E-state index in [1.807, 2.05) is 19.1 Å². The number of amides is 1. The van der Waals surface area contributed by atoms with Gasteiger partial charge in [-0.2, -0.15) is 0 Å². The Balaban J connectivity index is 2.99. The van der Waals surface area contributed by atoms with Crippen LogP contribution in [0.2, 0.25) is 0 Å². The highest BCUT2D eigenvalue weighted by molar-refractivity contribution is 5.79. The quantitative estimate of drug-likeness (QED) is 0.745. The minimum atomic E-state index is -0.128. The van der Waals surface area contributed by atoms with Crippen LogP contribution in [0.5, 0.6) is 11.5 Å². The van der Waals surface area contributed by atoms with Crippen molar-refractivity contribution in [1.82, 2.24) is 10.9 Å². The Morgan fingerprint density at radius 1 is 1.24 bits per heavy atom. The largest absolute Gasteiger partial charge is 0.496 e. The summed E-state index contributed by atoms with van der Waals surface area (Å²) in [5.74, 6) is 1.31. The molecule has 0 fully saturated rings. The van der Waals surface area contributed by atoms with Crippen LogP contribution in [0.15, 0.2) is 12.1 Å². The third kappa shape index (κ3) is 3.35. The van der Waals surface area contributed by atoms with Crippen molar-refractivity contribution in [3.05, 3.63) is 23.3 Å². The molecule has 0 bridgehead atoms. The van der Waals surface area contributed by atoms with E-state index in [-0.39, 0.29) is 12.3 Å². The summed E-state index contributed by atoms with van der Waals surface area (Å²) >= 11 is 0. The molecule has 0 aliphatic heterocycles. The topological polar surface area (TPSA) is 59.6 Å². The lowest BCUT2D eigenvalue weighted by atomic mass is 10.1. The summed E-state index contributed by atoms with van der Waals surface area (Å²) in [6, 6.07) is 3.68. The molecule has 0 aromatic heterocycles. The minimum absolute atomic E-state index is 0.128. The number of hydrogen-bond donors (Lipinski definition) is 2. The van der Waals surface area contributed by atoms with Gasteiger partial charge in [0.15, 0.2) is 0 Å². The fourth-order valence-electron chi connectivity index (χ4n) is 1.61. The monoisotopic (exact) mass is 238 g/mol. The highest BCUT2D eigenvalue weighted by Crippen LogP contribution is 2.28. The van der Waals surface area contributed by atoms with Gasteiger partial charge in [0.05, 0.1) is 20.6 Å². The molecule has 0 saturated carbocycles. The molecule has 1 aromatic carbocycles.